The Morgan fingerprint density at radius 1 is 1.23 bits per heavy atom. The Balaban J connectivity index is 2.06. The lowest BCUT2D eigenvalue weighted by Crippen LogP contribution is -2.50. The van der Waals surface area contributed by atoms with E-state index in [1.807, 2.05) is 13.8 Å². The molecule has 1 aliphatic carbocycles. The van der Waals surface area contributed by atoms with Gasteiger partial charge in [0.1, 0.15) is 6.04 Å². The first-order chi connectivity index (χ1) is 12.3. The number of rotatable bonds is 6. The SMILES string of the molecule is CC(C)[C@H](NC(=O)[C@H]1CCCC[C@H]1C)C(=O)Nc1cccc([N+](=O)[O-])c1. The molecule has 7 heteroatoms. The smallest absolute Gasteiger partial charge is 0.271 e. The molecule has 26 heavy (non-hydrogen) atoms. The third kappa shape index (κ3) is 5.03. The maximum atomic E-state index is 12.6. The molecule has 1 aromatic carbocycles. The summed E-state index contributed by atoms with van der Waals surface area (Å²) in [5, 5.41) is 16.4. The normalized spacial score (nSPS) is 21.1. The Kier molecular flexibility index (Phi) is 6.71. The molecule has 1 aromatic rings. The van der Waals surface area contributed by atoms with E-state index in [4.69, 9.17) is 0 Å². The Labute approximate surface area is 153 Å². The van der Waals surface area contributed by atoms with Crippen molar-refractivity contribution in [3.05, 3.63) is 34.4 Å². The Hall–Kier alpha value is -2.44. The molecule has 3 atom stereocenters. The molecule has 2 N–H and O–H groups in total. The molecular weight excluding hydrogens is 334 g/mol. The summed E-state index contributed by atoms with van der Waals surface area (Å²) in [5.41, 5.74) is 0.249. The van der Waals surface area contributed by atoms with E-state index in [0.29, 0.717) is 11.6 Å². The van der Waals surface area contributed by atoms with Crippen molar-refractivity contribution in [1.29, 1.82) is 0 Å². The third-order valence-corrected chi connectivity index (χ3v) is 5.02. The fraction of sp³-hybridized carbons (Fsp3) is 0.579. The number of nitrogens with one attached hydrogen (secondary N) is 2. The van der Waals surface area contributed by atoms with Crippen molar-refractivity contribution in [2.24, 2.45) is 17.8 Å². The highest BCUT2D eigenvalue weighted by atomic mass is 16.6. The van der Waals surface area contributed by atoms with Crippen molar-refractivity contribution < 1.29 is 14.5 Å². The molecule has 142 valence electrons. The van der Waals surface area contributed by atoms with Crippen LogP contribution in [-0.4, -0.2) is 22.8 Å². The van der Waals surface area contributed by atoms with Crippen LogP contribution < -0.4 is 10.6 Å². The zero-order valence-electron chi connectivity index (χ0n) is 15.5. The first kappa shape index (κ1) is 19.9. The lowest BCUT2D eigenvalue weighted by Gasteiger charge is -2.30. The predicted octanol–water partition coefficient (Wildman–Crippen LogP) is 3.50. The quantitative estimate of drug-likeness (QED) is 0.598. The maximum absolute atomic E-state index is 12.6. The van der Waals surface area contributed by atoms with E-state index in [0.717, 1.165) is 25.7 Å². The van der Waals surface area contributed by atoms with Gasteiger partial charge in [-0.1, -0.05) is 39.7 Å². The van der Waals surface area contributed by atoms with Gasteiger partial charge in [-0.25, -0.2) is 0 Å². The zero-order valence-corrected chi connectivity index (χ0v) is 15.5. The highest BCUT2D eigenvalue weighted by molar-refractivity contribution is 5.97. The molecule has 0 aromatic heterocycles. The first-order valence-corrected chi connectivity index (χ1v) is 9.15. The van der Waals surface area contributed by atoms with Crippen LogP contribution in [0.1, 0.15) is 46.5 Å². The molecule has 0 unspecified atom stereocenters. The fourth-order valence-corrected chi connectivity index (χ4v) is 3.42. The Morgan fingerprint density at radius 3 is 2.54 bits per heavy atom. The van der Waals surface area contributed by atoms with Crippen LogP contribution in [0.4, 0.5) is 11.4 Å². The molecule has 1 saturated carbocycles. The fourth-order valence-electron chi connectivity index (χ4n) is 3.42. The van der Waals surface area contributed by atoms with Crippen LogP contribution in [0.2, 0.25) is 0 Å². The molecule has 0 saturated heterocycles. The van der Waals surface area contributed by atoms with Crippen LogP contribution in [0.3, 0.4) is 0 Å². The van der Waals surface area contributed by atoms with Gasteiger partial charge in [-0.15, -0.1) is 0 Å². The lowest BCUT2D eigenvalue weighted by atomic mass is 9.79. The lowest BCUT2D eigenvalue weighted by molar-refractivity contribution is -0.384. The second-order valence-corrected chi connectivity index (χ2v) is 7.40. The summed E-state index contributed by atoms with van der Waals surface area (Å²) in [6, 6.07) is 5.09. The monoisotopic (exact) mass is 361 g/mol. The summed E-state index contributed by atoms with van der Waals surface area (Å²) in [6.07, 6.45) is 4.06. The average Bonchev–Trinajstić information content (AvgIpc) is 2.59. The number of nitro groups is 1. The Bertz CT molecular complexity index is 675. The van der Waals surface area contributed by atoms with Gasteiger partial charge in [-0.2, -0.15) is 0 Å². The van der Waals surface area contributed by atoms with Crippen molar-refractivity contribution in [3.8, 4) is 0 Å². The number of hydrogen-bond acceptors (Lipinski definition) is 4. The summed E-state index contributed by atoms with van der Waals surface area (Å²) in [6.45, 7) is 5.81. The van der Waals surface area contributed by atoms with E-state index in [9.17, 15) is 19.7 Å². The maximum Gasteiger partial charge on any atom is 0.271 e. The van der Waals surface area contributed by atoms with E-state index in [1.165, 1.54) is 18.2 Å². The Morgan fingerprint density at radius 2 is 1.92 bits per heavy atom. The van der Waals surface area contributed by atoms with Crippen molar-refractivity contribution in [1.82, 2.24) is 5.32 Å². The van der Waals surface area contributed by atoms with Gasteiger partial charge in [0.25, 0.3) is 5.69 Å². The minimum absolute atomic E-state index is 0.0596. The van der Waals surface area contributed by atoms with Crippen LogP contribution in [0.5, 0.6) is 0 Å². The van der Waals surface area contributed by atoms with Gasteiger partial charge in [0.2, 0.25) is 11.8 Å². The van der Waals surface area contributed by atoms with Gasteiger partial charge in [-0.05, 0) is 30.7 Å². The first-order valence-electron chi connectivity index (χ1n) is 9.15. The number of amides is 2. The van der Waals surface area contributed by atoms with E-state index < -0.39 is 11.0 Å². The van der Waals surface area contributed by atoms with Gasteiger partial charge in [-0.3, -0.25) is 19.7 Å². The third-order valence-electron chi connectivity index (χ3n) is 5.02. The number of hydrogen-bond donors (Lipinski definition) is 2. The number of carbonyl (C=O) groups is 2. The molecule has 0 heterocycles. The van der Waals surface area contributed by atoms with Crippen LogP contribution in [0, 0.1) is 27.9 Å². The van der Waals surface area contributed by atoms with E-state index >= 15 is 0 Å². The molecule has 0 spiro atoms. The molecule has 2 rings (SSSR count). The van der Waals surface area contributed by atoms with Crippen LogP contribution >= 0.6 is 0 Å². The van der Waals surface area contributed by atoms with Gasteiger partial charge in [0.15, 0.2) is 0 Å². The number of non-ortho nitro benzene ring substituents is 1. The summed E-state index contributed by atoms with van der Waals surface area (Å²) in [4.78, 5) is 35.6. The predicted molar refractivity (Wildman–Crippen MR) is 99.6 cm³/mol. The number of nitrogens with zero attached hydrogens (tertiary/aromatic N) is 1. The van der Waals surface area contributed by atoms with Crippen LogP contribution in [0.15, 0.2) is 24.3 Å². The molecule has 1 aliphatic rings. The van der Waals surface area contributed by atoms with Crippen molar-refractivity contribution in [3.63, 3.8) is 0 Å². The van der Waals surface area contributed by atoms with Gasteiger partial charge >= 0.3 is 0 Å². The van der Waals surface area contributed by atoms with Crippen LogP contribution in [-0.2, 0) is 9.59 Å². The average molecular weight is 361 g/mol. The zero-order chi connectivity index (χ0) is 19.3. The highest BCUT2D eigenvalue weighted by Gasteiger charge is 2.32. The highest BCUT2D eigenvalue weighted by Crippen LogP contribution is 2.30. The summed E-state index contributed by atoms with van der Waals surface area (Å²) >= 11 is 0. The standard InChI is InChI=1S/C19H27N3O4/c1-12(2)17(21-18(23)16-10-5-4-7-13(16)3)19(24)20-14-8-6-9-15(11-14)22(25)26/h6,8-9,11-13,16-17H,4-5,7,10H2,1-3H3,(H,20,24)(H,21,23)/t13-,16+,17+/m1/s1. The van der Waals surface area contributed by atoms with Gasteiger partial charge in [0.05, 0.1) is 4.92 Å². The van der Waals surface area contributed by atoms with E-state index in [2.05, 4.69) is 17.6 Å². The molecule has 0 aliphatic heterocycles. The van der Waals surface area contributed by atoms with E-state index in [1.54, 1.807) is 6.07 Å². The molecular formula is C19H27N3O4. The largest absolute Gasteiger partial charge is 0.344 e. The minimum Gasteiger partial charge on any atom is -0.344 e. The second-order valence-electron chi connectivity index (χ2n) is 7.40. The summed E-state index contributed by atoms with van der Waals surface area (Å²) in [7, 11) is 0. The summed E-state index contributed by atoms with van der Waals surface area (Å²) in [5.74, 6) is -0.286. The van der Waals surface area contributed by atoms with Crippen molar-refractivity contribution in [2.45, 2.75) is 52.5 Å². The number of benzene rings is 1. The topological polar surface area (TPSA) is 101 Å². The molecule has 0 radical (unpaired) electrons. The van der Waals surface area contributed by atoms with Crippen molar-refractivity contribution >= 4 is 23.2 Å². The number of carbonyl (C=O) groups excluding carboxylic acids is 2. The number of nitro benzene ring substituents is 1. The summed E-state index contributed by atoms with van der Waals surface area (Å²) < 4.78 is 0. The molecule has 1 fully saturated rings. The van der Waals surface area contributed by atoms with Gasteiger partial charge < -0.3 is 10.6 Å². The van der Waals surface area contributed by atoms with Crippen LogP contribution in [0.25, 0.3) is 0 Å². The number of anilines is 1. The molecule has 7 nitrogen and oxygen atoms in total. The van der Waals surface area contributed by atoms with Gasteiger partial charge in [0, 0.05) is 23.7 Å². The minimum atomic E-state index is -0.684. The van der Waals surface area contributed by atoms with Crippen molar-refractivity contribution in [2.75, 3.05) is 5.32 Å². The van der Waals surface area contributed by atoms with E-state index in [-0.39, 0.29) is 29.3 Å². The molecule has 0 bridgehead atoms. The molecule has 2 amide bonds. The second kappa shape index (κ2) is 8.78.